The summed E-state index contributed by atoms with van der Waals surface area (Å²) in [7, 11) is 0. The summed E-state index contributed by atoms with van der Waals surface area (Å²) in [6, 6.07) is 2.05. The van der Waals surface area contributed by atoms with E-state index in [1.54, 1.807) is 0 Å². The number of carboxylic acids is 1. The molecule has 4 nitrogen and oxygen atoms in total. The minimum Gasteiger partial charge on any atom is -0.481 e. The molecule has 1 aliphatic rings. The SMILES string of the molecule is Cc1cc(C)n(C2CCCCCC2C(=O)O)n1. The Kier molecular flexibility index (Phi) is 3.50. The molecule has 17 heavy (non-hydrogen) atoms. The molecule has 0 radical (unpaired) electrons. The van der Waals surface area contributed by atoms with Crippen molar-refractivity contribution in [1.82, 2.24) is 9.78 Å². The lowest BCUT2D eigenvalue weighted by Gasteiger charge is -2.23. The Balaban J connectivity index is 2.31. The second kappa shape index (κ2) is 4.90. The molecule has 94 valence electrons. The van der Waals surface area contributed by atoms with Gasteiger partial charge in [0.25, 0.3) is 0 Å². The molecule has 4 heteroatoms. The average Bonchev–Trinajstić information content (AvgIpc) is 2.51. The van der Waals surface area contributed by atoms with Crippen molar-refractivity contribution in [2.75, 3.05) is 0 Å². The predicted molar refractivity (Wildman–Crippen MR) is 64.9 cm³/mol. The topological polar surface area (TPSA) is 55.1 Å². The summed E-state index contributed by atoms with van der Waals surface area (Å²) in [4.78, 5) is 11.4. The van der Waals surface area contributed by atoms with Crippen LogP contribution in [0.2, 0.25) is 0 Å². The standard InChI is InChI=1S/C13H20N2O2/c1-9-8-10(2)15(14-9)12-7-5-3-4-6-11(12)13(16)17/h8,11-12H,3-7H2,1-2H3,(H,16,17). The van der Waals surface area contributed by atoms with Crippen LogP contribution in [-0.4, -0.2) is 20.9 Å². The van der Waals surface area contributed by atoms with Crippen molar-refractivity contribution < 1.29 is 9.90 Å². The maximum absolute atomic E-state index is 11.4. The molecule has 1 saturated carbocycles. The normalized spacial score (nSPS) is 25.5. The summed E-state index contributed by atoms with van der Waals surface area (Å²) in [5.41, 5.74) is 2.04. The van der Waals surface area contributed by atoms with Gasteiger partial charge in [-0.2, -0.15) is 5.10 Å². The number of aliphatic carboxylic acids is 1. The van der Waals surface area contributed by atoms with Gasteiger partial charge in [0.2, 0.25) is 0 Å². The fourth-order valence-corrected chi connectivity index (χ4v) is 2.85. The average molecular weight is 236 g/mol. The van der Waals surface area contributed by atoms with Gasteiger partial charge < -0.3 is 5.11 Å². The first kappa shape index (κ1) is 12.1. The third-order valence-corrected chi connectivity index (χ3v) is 3.66. The molecular formula is C13H20N2O2. The summed E-state index contributed by atoms with van der Waals surface area (Å²) in [5.74, 6) is -0.958. The van der Waals surface area contributed by atoms with Gasteiger partial charge in [-0.05, 0) is 32.8 Å². The second-order valence-corrected chi connectivity index (χ2v) is 5.02. The van der Waals surface area contributed by atoms with Crippen LogP contribution in [0.1, 0.15) is 49.5 Å². The van der Waals surface area contributed by atoms with Crippen LogP contribution < -0.4 is 0 Å². The van der Waals surface area contributed by atoms with E-state index in [0.717, 1.165) is 43.5 Å². The zero-order chi connectivity index (χ0) is 12.4. The first-order valence-electron chi connectivity index (χ1n) is 6.35. The van der Waals surface area contributed by atoms with E-state index in [2.05, 4.69) is 5.10 Å². The first-order chi connectivity index (χ1) is 8.09. The highest BCUT2D eigenvalue weighted by molar-refractivity contribution is 5.70. The van der Waals surface area contributed by atoms with Gasteiger partial charge >= 0.3 is 5.97 Å². The molecule has 0 spiro atoms. The third kappa shape index (κ3) is 2.51. The first-order valence-corrected chi connectivity index (χ1v) is 6.35. The van der Waals surface area contributed by atoms with E-state index in [9.17, 15) is 9.90 Å². The number of hydrogen-bond acceptors (Lipinski definition) is 2. The van der Waals surface area contributed by atoms with Crippen LogP contribution in [0.3, 0.4) is 0 Å². The van der Waals surface area contributed by atoms with Crippen LogP contribution in [-0.2, 0) is 4.79 Å². The fourth-order valence-electron chi connectivity index (χ4n) is 2.85. The number of carboxylic acid groups (broad SMARTS) is 1. The van der Waals surface area contributed by atoms with E-state index < -0.39 is 5.97 Å². The van der Waals surface area contributed by atoms with E-state index in [1.807, 2.05) is 24.6 Å². The highest BCUT2D eigenvalue weighted by atomic mass is 16.4. The Labute approximate surface area is 102 Å². The van der Waals surface area contributed by atoms with Gasteiger partial charge in [0.05, 0.1) is 17.7 Å². The predicted octanol–water partition coefficient (Wildman–Crippen LogP) is 2.71. The minimum atomic E-state index is -0.676. The molecule has 0 aliphatic heterocycles. The molecule has 0 amide bonds. The van der Waals surface area contributed by atoms with E-state index in [4.69, 9.17) is 0 Å². The lowest BCUT2D eigenvalue weighted by molar-refractivity contribution is -0.143. The summed E-state index contributed by atoms with van der Waals surface area (Å²) >= 11 is 0. The van der Waals surface area contributed by atoms with E-state index in [-0.39, 0.29) is 12.0 Å². The molecule has 0 saturated heterocycles. The smallest absolute Gasteiger partial charge is 0.308 e. The molecule has 0 aromatic carbocycles. The van der Waals surface area contributed by atoms with Crippen molar-refractivity contribution in [3.63, 3.8) is 0 Å². The number of hydrogen-bond donors (Lipinski definition) is 1. The number of carbonyl (C=O) groups is 1. The molecule has 2 rings (SSSR count). The van der Waals surface area contributed by atoms with Gasteiger partial charge in [-0.3, -0.25) is 9.48 Å². The van der Waals surface area contributed by atoms with Crippen LogP contribution in [0.15, 0.2) is 6.07 Å². The highest BCUT2D eigenvalue weighted by Gasteiger charge is 2.31. The van der Waals surface area contributed by atoms with Crippen LogP contribution in [0.5, 0.6) is 0 Å². The molecular weight excluding hydrogens is 216 g/mol. The van der Waals surface area contributed by atoms with Crippen molar-refractivity contribution in [3.05, 3.63) is 17.5 Å². The van der Waals surface area contributed by atoms with Crippen LogP contribution in [0.25, 0.3) is 0 Å². The van der Waals surface area contributed by atoms with Crippen molar-refractivity contribution in [2.45, 2.75) is 52.0 Å². The largest absolute Gasteiger partial charge is 0.481 e. The number of nitrogens with zero attached hydrogens (tertiary/aromatic N) is 2. The van der Waals surface area contributed by atoms with Gasteiger partial charge in [-0.15, -0.1) is 0 Å². The van der Waals surface area contributed by atoms with Gasteiger partial charge in [-0.1, -0.05) is 19.3 Å². The molecule has 1 aromatic rings. The fraction of sp³-hybridized carbons (Fsp3) is 0.692. The molecule has 1 fully saturated rings. The van der Waals surface area contributed by atoms with E-state index in [0.29, 0.717) is 0 Å². The van der Waals surface area contributed by atoms with E-state index in [1.165, 1.54) is 0 Å². The van der Waals surface area contributed by atoms with Crippen LogP contribution in [0.4, 0.5) is 0 Å². The Morgan fingerprint density at radius 1 is 1.35 bits per heavy atom. The van der Waals surface area contributed by atoms with Crippen molar-refractivity contribution in [3.8, 4) is 0 Å². The van der Waals surface area contributed by atoms with Crippen molar-refractivity contribution >= 4 is 5.97 Å². The zero-order valence-corrected chi connectivity index (χ0v) is 10.5. The van der Waals surface area contributed by atoms with Crippen LogP contribution >= 0.6 is 0 Å². The molecule has 1 aromatic heterocycles. The minimum absolute atomic E-state index is 0.0312. The van der Waals surface area contributed by atoms with Gasteiger partial charge in [0.15, 0.2) is 0 Å². The molecule has 1 N–H and O–H groups in total. The summed E-state index contributed by atoms with van der Waals surface area (Å²) < 4.78 is 1.93. The maximum Gasteiger partial charge on any atom is 0.308 e. The van der Waals surface area contributed by atoms with Crippen LogP contribution in [0, 0.1) is 19.8 Å². The van der Waals surface area contributed by atoms with Crippen molar-refractivity contribution in [2.24, 2.45) is 5.92 Å². The van der Waals surface area contributed by atoms with Gasteiger partial charge in [-0.25, -0.2) is 0 Å². The number of aromatic nitrogens is 2. The monoisotopic (exact) mass is 236 g/mol. The Bertz CT molecular complexity index is 412. The quantitative estimate of drug-likeness (QED) is 0.803. The zero-order valence-electron chi connectivity index (χ0n) is 10.5. The number of aryl methyl sites for hydroxylation is 2. The maximum atomic E-state index is 11.4. The third-order valence-electron chi connectivity index (χ3n) is 3.66. The van der Waals surface area contributed by atoms with Crippen molar-refractivity contribution in [1.29, 1.82) is 0 Å². The Morgan fingerprint density at radius 2 is 2.06 bits per heavy atom. The molecule has 1 heterocycles. The van der Waals surface area contributed by atoms with Gasteiger partial charge in [0.1, 0.15) is 0 Å². The van der Waals surface area contributed by atoms with Gasteiger partial charge in [0, 0.05) is 5.69 Å². The summed E-state index contributed by atoms with van der Waals surface area (Å²) in [6.45, 7) is 3.96. The molecule has 1 aliphatic carbocycles. The summed E-state index contributed by atoms with van der Waals surface area (Å²) in [5, 5.41) is 13.8. The Morgan fingerprint density at radius 3 is 2.65 bits per heavy atom. The van der Waals surface area contributed by atoms with E-state index >= 15 is 0 Å². The lowest BCUT2D eigenvalue weighted by atomic mass is 9.95. The molecule has 2 unspecified atom stereocenters. The Hall–Kier alpha value is -1.32. The highest BCUT2D eigenvalue weighted by Crippen LogP contribution is 2.33. The number of rotatable bonds is 2. The summed E-state index contributed by atoms with van der Waals surface area (Å²) in [6.07, 6.45) is 4.97. The molecule has 2 atom stereocenters. The lowest BCUT2D eigenvalue weighted by Crippen LogP contribution is -2.27. The second-order valence-electron chi connectivity index (χ2n) is 5.02. The molecule has 0 bridgehead atoms.